The Hall–Kier alpha value is -2.55. The Morgan fingerprint density at radius 1 is 1.23 bits per heavy atom. The zero-order chi connectivity index (χ0) is 21.8. The first-order valence-electron chi connectivity index (χ1n) is 8.71. The van der Waals surface area contributed by atoms with E-state index in [0.717, 1.165) is 11.0 Å². The summed E-state index contributed by atoms with van der Waals surface area (Å²) in [7, 11) is 0. The molecule has 156 valence electrons. The van der Waals surface area contributed by atoms with Crippen LogP contribution in [0.5, 0.6) is 5.75 Å². The second-order valence-corrected chi connectivity index (χ2v) is 7.88. The molecule has 1 fully saturated rings. The van der Waals surface area contributed by atoms with Gasteiger partial charge in [0.15, 0.2) is 5.75 Å². The Labute approximate surface area is 186 Å². The summed E-state index contributed by atoms with van der Waals surface area (Å²) in [4.78, 5) is 37.9. The van der Waals surface area contributed by atoms with Gasteiger partial charge in [-0.15, -0.1) is 0 Å². The summed E-state index contributed by atoms with van der Waals surface area (Å²) in [6.07, 6.45) is 1.46. The van der Waals surface area contributed by atoms with E-state index in [0.29, 0.717) is 29.7 Å². The van der Waals surface area contributed by atoms with Crippen LogP contribution >= 0.6 is 35.0 Å². The van der Waals surface area contributed by atoms with E-state index in [1.54, 1.807) is 19.1 Å². The van der Waals surface area contributed by atoms with Gasteiger partial charge in [-0.05, 0) is 60.7 Å². The summed E-state index contributed by atoms with van der Waals surface area (Å²) < 4.78 is 18.6. The highest BCUT2D eigenvalue weighted by atomic mass is 35.5. The number of anilines is 1. The predicted octanol–water partition coefficient (Wildman–Crippen LogP) is 5.21. The first kappa shape index (κ1) is 22.1. The number of imide groups is 1. The summed E-state index contributed by atoms with van der Waals surface area (Å²) in [5, 5.41) is 2.39. The van der Waals surface area contributed by atoms with Crippen LogP contribution in [0.1, 0.15) is 12.5 Å². The minimum absolute atomic E-state index is 0.120. The second-order valence-electron chi connectivity index (χ2n) is 6.07. The normalized spacial score (nSPS) is 15.1. The smallest absolute Gasteiger partial charge is 0.294 e. The van der Waals surface area contributed by atoms with Gasteiger partial charge in [0.25, 0.3) is 11.1 Å². The third-order valence-electron chi connectivity index (χ3n) is 3.89. The third kappa shape index (κ3) is 5.13. The number of carbonyl (C=O) groups is 3. The van der Waals surface area contributed by atoms with E-state index >= 15 is 0 Å². The van der Waals surface area contributed by atoms with E-state index in [9.17, 15) is 18.8 Å². The molecule has 1 N–H and O–H groups in total. The molecule has 1 aliphatic rings. The molecule has 3 rings (SSSR count). The van der Waals surface area contributed by atoms with Crippen molar-refractivity contribution in [3.8, 4) is 5.75 Å². The summed E-state index contributed by atoms with van der Waals surface area (Å²) in [5.41, 5.74) is 0.726. The summed E-state index contributed by atoms with van der Waals surface area (Å²) in [6.45, 7) is 1.68. The van der Waals surface area contributed by atoms with Crippen molar-refractivity contribution in [3.63, 3.8) is 0 Å². The average molecular weight is 469 g/mol. The second kappa shape index (κ2) is 9.51. The molecule has 0 aliphatic carbocycles. The van der Waals surface area contributed by atoms with Crippen molar-refractivity contribution in [1.29, 1.82) is 0 Å². The van der Waals surface area contributed by atoms with Crippen molar-refractivity contribution >= 4 is 63.8 Å². The molecular weight excluding hydrogens is 454 g/mol. The maximum atomic E-state index is 13.2. The molecule has 0 spiro atoms. The van der Waals surface area contributed by atoms with Gasteiger partial charge in [0, 0.05) is 5.69 Å². The maximum absolute atomic E-state index is 13.2. The van der Waals surface area contributed by atoms with Crippen LogP contribution in [0.4, 0.5) is 14.9 Å². The maximum Gasteiger partial charge on any atom is 0.294 e. The molecule has 0 aromatic heterocycles. The molecule has 2 aromatic rings. The summed E-state index contributed by atoms with van der Waals surface area (Å²) >= 11 is 13.0. The van der Waals surface area contributed by atoms with Gasteiger partial charge in [-0.25, -0.2) is 4.39 Å². The number of hydrogen-bond donors (Lipinski definition) is 1. The van der Waals surface area contributed by atoms with Gasteiger partial charge in [-0.2, -0.15) is 0 Å². The Bertz CT molecular complexity index is 1040. The van der Waals surface area contributed by atoms with Crippen LogP contribution in [-0.4, -0.2) is 35.1 Å². The fraction of sp³-hybridized carbons (Fsp3) is 0.150. The SMILES string of the molecule is CCOc1c(Cl)cc(/C=C2/SC(=O)N(CC(=O)Nc3cccc(F)c3)C2=O)cc1Cl. The van der Waals surface area contributed by atoms with Crippen molar-refractivity contribution < 1.29 is 23.5 Å². The molecule has 0 atom stereocenters. The lowest BCUT2D eigenvalue weighted by Crippen LogP contribution is -2.36. The zero-order valence-electron chi connectivity index (χ0n) is 15.6. The van der Waals surface area contributed by atoms with Crippen molar-refractivity contribution in [1.82, 2.24) is 4.90 Å². The molecule has 6 nitrogen and oxygen atoms in total. The van der Waals surface area contributed by atoms with E-state index in [1.807, 2.05) is 0 Å². The van der Waals surface area contributed by atoms with E-state index in [1.165, 1.54) is 24.3 Å². The van der Waals surface area contributed by atoms with E-state index < -0.39 is 29.4 Å². The molecule has 0 unspecified atom stereocenters. The average Bonchev–Trinajstić information content (AvgIpc) is 2.92. The summed E-state index contributed by atoms with van der Waals surface area (Å²) in [5.74, 6) is -1.44. The molecule has 0 bridgehead atoms. The lowest BCUT2D eigenvalue weighted by atomic mass is 10.2. The van der Waals surface area contributed by atoms with Crippen molar-refractivity contribution in [2.24, 2.45) is 0 Å². The third-order valence-corrected chi connectivity index (χ3v) is 5.36. The fourth-order valence-electron chi connectivity index (χ4n) is 2.64. The Morgan fingerprint density at radius 3 is 2.57 bits per heavy atom. The molecular formula is C20H15Cl2FN2O4S. The van der Waals surface area contributed by atoms with Gasteiger partial charge in [0.1, 0.15) is 12.4 Å². The first-order valence-corrected chi connectivity index (χ1v) is 10.3. The molecule has 0 radical (unpaired) electrons. The number of nitrogens with one attached hydrogen (secondary N) is 1. The zero-order valence-corrected chi connectivity index (χ0v) is 17.9. The van der Waals surface area contributed by atoms with Gasteiger partial charge in [0.2, 0.25) is 5.91 Å². The lowest BCUT2D eigenvalue weighted by Gasteiger charge is -2.12. The van der Waals surface area contributed by atoms with Crippen molar-refractivity contribution in [2.75, 3.05) is 18.5 Å². The topological polar surface area (TPSA) is 75.7 Å². The number of ether oxygens (including phenoxy) is 1. The number of benzene rings is 2. The van der Waals surface area contributed by atoms with Crippen LogP contribution in [-0.2, 0) is 9.59 Å². The van der Waals surface area contributed by atoms with Gasteiger partial charge in [-0.1, -0.05) is 29.3 Å². The highest BCUT2D eigenvalue weighted by molar-refractivity contribution is 8.18. The molecule has 3 amide bonds. The lowest BCUT2D eigenvalue weighted by molar-refractivity contribution is -0.127. The molecule has 1 heterocycles. The van der Waals surface area contributed by atoms with Crippen molar-refractivity contribution in [3.05, 3.63) is 62.7 Å². The fourth-order valence-corrected chi connectivity index (χ4v) is 4.09. The summed E-state index contributed by atoms with van der Waals surface area (Å²) in [6, 6.07) is 8.41. The van der Waals surface area contributed by atoms with Crippen LogP contribution < -0.4 is 10.1 Å². The van der Waals surface area contributed by atoms with Gasteiger partial charge in [0.05, 0.1) is 21.6 Å². The standard InChI is InChI=1S/C20H15Cl2FN2O4S/c1-2-29-18-14(21)6-11(7-15(18)22)8-16-19(27)25(20(28)30-16)10-17(26)24-13-5-3-4-12(23)9-13/h3-9H,2,10H2,1H3,(H,24,26)/b16-8+. The van der Waals surface area contributed by atoms with Crippen LogP contribution in [0.15, 0.2) is 41.3 Å². The van der Waals surface area contributed by atoms with Crippen LogP contribution in [0, 0.1) is 5.82 Å². The van der Waals surface area contributed by atoms with E-state index in [2.05, 4.69) is 5.32 Å². The molecule has 0 saturated carbocycles. The highest BCUT2D eigenvalue weighted by Crippen LogP contribution is 2.37. The number of carbonyl (C=O) groups excluding carboxylic acids is 3. The minimum Gasteiger partial charge on any atom is -0.491 e. The van der Waals surface area contributed by atoms with Crippen LogP contribution in [0.2, 0.25) is 10.0 Å². The Balaban J connectivity index is 1.73. The quantitative estimate of drug-likeness (QED) is 0.589. The number of nitrogens with zero attached hydrogens (tertiary/aromatic N) is 1. The van der Waals surface area contributed by atoms with Crippen LogP contribution in [0.3, 0.4) is 0 Å². The number of rotatable bonds is 6. The van der Waals surface area contributed by atoms with Crippen LogP contribution in [0.25, 0.3) is 6.08 Å². The Morgan fingerprint density at radius 2 is 1.93 bits per heavy atom. The largest absolute Gasteiger partial charge is 0.491 e. The highest BCUT2D eigenvalue weighted by Gasteiger charge is 2.36. The molecule has 1 aliphatic heterocycles. The number of thioether (sulfide) groups is 1. The number of amides is 3. The monoisotopic (exact) mass is 468 g/mol. The molecule has 10 heteroatoms. The first-order chi connectivity index (χ1) is 14.3. The predicted molar refractivity (Wildman–Crippen MR) is 115 cm³/mol. The molecule has 1 saturated heterocycles. The number of halogens is 3. The number of hydrogen-bond acceptors (Lipinski definition) is 5. The molecule has 2 aromatic carbocycles. The van der Waals surface area contributed by atoms with E-state index in [4.69, 9.17) is 27.9 Å². The minimum atomic E-state index is -0.628. The van der Waals surface area contributed by atoms with Gasteiger partial charge in [-0.3, -0.25) is 19.3 Å². The van der Waals surface area contributed by atoms with Gasteiger partial charge >= 0.3 is 0 Å². The van der Waals surface area contributed by atoms with E-state index in [-0.39, 0.29) is 20.6 Å². The van der Waals surface area contributed by atoms with Crippen molar-refractivity contribution in [2.45, 2.75) is 6.92 Å². The molecule has 30 heavy (non-hydrogen) atoms. The Kier molecular flexibility index (Phi) is 7.02. The van der Waals surface area contributed by atoms with Gasteiger partial charge < -0.3 is 10.1 Å².